The van der Waals surface area contributed by atoms with Crippen LogP contribution >= 0.6 is 0 Å². The second-order valence-corrected chi connectivity index (χ2v) is 6.40. The van der Waals surface area contributed by atoms with Gasteiger partial charge < -0.3 is 14.4 Å². The lowest BCUT2D eigenvalue weighted by Gasteiger charge is -2.21. The fraction of sp³-hybridized carbons (Fsp3) is 0.900. The number of carbonyl (C=O) groups is 1. The fourth-order valence-corrected chi connectivity index (χ4v) is 2.32. The lowest BCUT2D eigenvalue weighted by atomic mass is 10.4. The third-order valence-corrected chi connectivity index (χ3v) is 3.88. The topological polar surface area (TPSA) is 76.2 Å². The molecule has 0 radical (unpaired) electrons. The molecule has 1 amide bonds. The predicted octanol–water partition coefficient (Wildman–Crippen LogP) is -1.25. The van der Waals surface area contributed by atoms with Crippen LogP contribution in [0, 0.1) is 0 Å². The van der Waals surface area contributed by atoms with Crippen LogP contribution in [0.4, 0.5) is 0 Å². The second kappa shape index (κ2) is 6.46. The summed E-state index contributed by atoms with van der Waals surface area (Å²) in [7, 11) is 0.0150. The Morgan fingerprint density at radius 3 is 2.72 bits per heavy atom. The number of likely N-dealkylation sites (N-methyl/N-ethyl adjacent to an activating group) is 1. The van der Waals surface area contributed by atoms with Gasteiger partial charge in [-0.25, -0.2) is 8.42 Å². The molecule has 0 unspecified atom stereocenters. The molecule has 106 valence electrons. The van der Waals surface area contributed by atoms with Gasteiger partial charge in [0.2, 0.25) is 15.9 Å². The molecular formula is C10H20N2O5S. The zero-order chi connectivity index (χ0) is 13.8. The number of rotatable bonds is 4. The number of amides is 1. The first kappa shape index (κ1) is 15.4. The molecule has 1 heterocycles. The maximum Gasteiger partial charge on any atom is 0.248 e. The average Bonchev–Trinajstić information content (AvgIpc) is 2.50. The zero-order valence-electron chi connectivity index (χ0n) is 11.0. The third kappa shape index (κ3) is 4.89. The van der Waals surface area contributed by atoms with Crippen molar-refractivity contribution in [3.8, 4) is 0 Å². The van der Waals surface area contributed by atoms with Crippen LogP contribution in [0.3, 0.4) is 0 Å². The summed E-state index contributed by atoms with van der Waals surface area (Å²) in [5.41, 5.74) is 0. The van der Waals surface area contributed by atoms with Gasteiger partial charge in [0.15, 0.2) is 0 Å². The van der Waals surface area contributed by atoms with Gasteiger partial charge in [0, 0.05) is 27.2 Å². The molecule has 1 atom stereocenters. The molecular weight excluding hydrogens is 260 g/mol. The molecule has 1 saturated heterocycles. The number of hydrogen-bond donors (Lipinski definition) is 0. The summed E-state index contributed by atoms with van der Waals surface area (Å²) in [5.74, 6) is -0.162. The van der Waals surface area contributed by atoms with Crippen LogP contribution < -0.4 is 0 Å². The van der Waals surface area contributed by atoms with Crippen LogP contribution in [-0.4, -0.2) is 82.9 Å². The largest absolute Gasteiger partial charge is 0.377 e. The van der Waals surface area contributed by atoms with Gasteiger partial charge in [-0.15, -0.1) is 0 Å². The average molecular weight is 280 g/mol. The summed E-state index contributed by atoms with van der Waals surface area (Å²) in [6.45, 7) is 1.11. The third-order valence-electron chi connectivity index (χ3n) is 2.61. The van der Waals surface area contributed by atoms with Crippen molar-refractivity contribution in [3.63, 3.8) is 0 Å². The normalized spacial score (nSPS) is 22.5. The van der Waals surface area contributed by atoms with E-state index in [9.17, 15) is 13.2 Å². The van der Waals surface area contributed by atoms with Gasteiger partial charge in [0.1, 0.15) is 6.61 Å². The Bertz CT molecular complexity index is 382. The fourth-order valence-electron chi connectivity index (χ4n) is 1.47. The van der Waals surface area contributed by atoms with E-state index in [-0.39, 0.29) is 19.1 Å². The van der Waals surface area contributed by atoms with E-state index in [4.69, 9.17) is 9.47 Å². The van der Waals surface area contributed by atoms with Gasteiger partial charge >= 0.3 is 0 Å². The monoisotopic (exact) mass is 280 g/mol. The molecule has 0 bridgehead atoms. The summed E-state index contributed by atoms with van der Waals surface area (Å²) in [6.07, 6.45) is 0.742. The molecule has 0 N–H and O–H groups in total. The van der Waals surface area contributed by atoms with E-state index in [0.29, 0.717) is 19.8 Å². The van der Waals surface area contributed by atoms with E-state index < -0.39 is 16.1 Å². The molecule has 0 spiro atoms. The lowest BCUT2D eigenvalue weighted by Crippen LogP contribution is -2.39. The highest BCUT2D eigenvalue weighted by atomic mass is 32.2. The number of carbonyl (C=O) groups excluding carboxylic acids is 1. The van der Waals surface area contributed by atoms with Crippen molar-refractivity contribution in [2.24, 2.45) is 0 Å². The maximum absolute atomic E-state index is 11.5. The van der Waals surface area contributed by atoms with Crippen molar-refractivity contribution >= 4 is 15.9 Å². The molecule has 0 aromatic heterocycles. The minimum atomic E-state index is -3.26. The summed E-state index contributed by atoms with van der Waals surface area (Å²) >= 11 is 0. The first-order chi connectivity index (χ1) is 8.30. The van der Waals surface area contributed by atoms with E-state index >= 15 is 0 Å². The quantitative estimate of drug-likeness (QED) is 0.643. The van der Waals surface area contributed by atoms with Gasteiger partial charge in [0.05, 0.1) is 25.6 Å². The van der Waals surface area contributed by atoms with Gasteiger partial charge in [-0.05, 0) is 0 Å². The van der Waals surface area contributed by atoms with Crippen molar-refractivity contribution < 1.29 is 22.7 Å². The predicted molar refractivity (Wildman–Crippen MR) is 65.7 cm³/mol. The molecule has 7 nitrogen and oxygen atoms in total. The van der Waals surface area contributed by atoms with Crippen molar-refractivity contribution in [1.82, 2.24) is 9.21 Å². The highest BCUT2D eigenvalue weighted by Crippen LogP contribution is 2.07. The van der Waals surface area contributed by atoms with E-state index in [1.165, 1.54) is 9.21 Å². The Balaban J connectivity index is 2.52. The minimum absolute atomic E-state index is 0.0708. The molecule has 1 aliphatic rings. The lowest BCUT2D eigenvalue weighted by molar-refractivity contribution is -0.136. The van der Waals surface area contributed by atoms with Gasteiger partial charge in [-0.3, -0.25) is 4.79 Å². The van der Waals surface area contributed by atoms with Crippen LogP contribution in [-0.2, 0) is 24.3 Å². The summed E-state index contributed by atoms with van der Waals surface area (Å²) in [5, 5.41) is 0. The van der Waals surface area contributed by atoms with E-state index in [0.717, 1.165) is 6.26 Å². The Kier molecular flexibility index (Phi) is 5.51. The van der Waals surface area contributed by atoms with Crippen molar-refractivity contribution in [2.45, 2.75) is 6.10 Å². The number of sulfonamides is 1. The number of nitrogens with zero attached hydrogens (tertiary/aromatic N) is 2. The number of ether oxygens (including phenoxy) is 2. The zero-order valence-corrected chi connectivity index (χ0v) is 11.8. The van der Waals surface area contributed by atoms with Gasteiger partial charge in [0.25, 0.3) is 0 Å². The first-order valence-corrected chi connectivity index (χ1v) is 7.50. The van der Waals surface area contributed by atoms with E-state index in [2.05, 4.69) is 0 Å². The maximum atomic E-state index is 11.5. The highest BCUT2D eigenvalue weighted by molar-refractivity contribution is 7.88. The second-order valence-electron chi connectivity index (χ2n) is 4.42. The van der Waals surface area contributed by atoms with Crippen LogP contribution in [0.2, 0.25) is 0 Å². The van der Waals surface area contributed by atoms with Crippen molar-refractivity contribution in [2.75, 3.05) is 53.3 Å². The first-order valence-electron chi connectivity index (χ1n) is 5.65. The van der Waals surface area contributed by atoms with E-state index in [1.54, 1.807) is 14.1 Å². The standard InChI is InChI=1S/C10H20N2O5S/c1-11(2)10(13)8-17-9-6-12(18(3,14)15)4-5-16-7-9/h9H,4-8H2,1-3H3/t9-/m1/s1. The molecule has 1 rings (SSSR count). The van der Waals surface area contributed by atoms with E-state index in [1.807, 2.05) is 0 Å². The Morgan fingerprint density at radius 1 is 1.50 bits per heavy atom. The SMILES string of the molecule is CN(C)C(=O)CO[C@H]1COCCN(S(C)(=O)=O)C1. The highest BCUT2D eigenvalue weighted by Gasteiger charge is 2.25. The summed E-state index contributed by atoms with van der Waals surface area (Å²) in [4.78, 5) is 12.8. The molecule has 8 heteroatoms. The molecule has 1 aliphatic heterocycles. The van der Waals surface area contributed by atoms with Crippen LogP contribution in [0.25, 0.3) is 0 Å². The van der Waals surface area contributed by atoms with Gasteiger partial charge in [-0.2, -0.15) is 4.31 Å². The Morgan fingerprint density at radius 2 is 2.17 bits per heavy atom. The van der Waals surface area contributed by atoms with Crippen molar-refractivity contribution in [1.29, 1.82) is 0 Å². The Hall–Kier alpha value is -0.700. The van der Waals surface area contributed by atoms with Crippen LogP contribution in [0.5, 0.6) is 0 Å². The van der Waals surface area contributed by atoms with Crippen LogP contribution in [0.1, 0.15) is 0 Å². The molecule has 18 heavy (non-hydrogen) atoms. The Labute approximate surface area is 108 Å². The molecule has 1 fully saturated rings. The summed E-state index contributed by atoms with van der Waals surface area (Å²) in [6, 6.07) is 0. The molecule has 0 saturated carbocycles. The smallest absolute Gasteiger partial charge is 0.248 e. The molecule has 0 aromatic carbocycles. The van der Waals surface area contributed by atoms with Crippen molar-refractivity contribution in [3.05, 3.63) is 0 Å². The van der Waals surface area contributed by atoms with Crippen LogP contribution in [0.15, 0.2) is 0 Å². The summed E-state index contributed by atoms with van der Waals surface area (Å²) < 4.78 is 34.9. The molecule has 0 aromatic rings. The molecule has 0 aliphatic carbocycles. The number of hydrogen-bond acceptors (Lipinski definition) is 5. The van der Waals surface area contributed by atoms with Gasteiger partial charge in [-0.1, -0.05) is 0 Å². The minimum Gasteiger partial charge on any atom is -0.377 e.